The summed E-state index contributed by atoms with van der Waals surface area (Å²) >= 11 is 0. The summed E-state index contributed by atoms with van der Waals surface area (Å²) in [4.78, 5) is 19.3. The number of aromatic amines is 1. The van der Waals surface area contributed by atoms with Gasteiger partial charge in [-0.3, -0.25) is 0 Å². The number of rotatable bonds is 7. The molecule has 0 saturated carbocycles. The molecule has 0 radical (unpaired) electrons. The minimum absolute atomic E-state index is 0.887. The van der Waals surface area contributed by atoms with E-state index in [4.69, 9.17) is 14.9 Å². The van der Waals surface area contributed by atoms with Crippen molar-refractivity contribution in [1.82, 2.24) is 20.2 Å². The number of nitrogens with one attached hydrogen (secondary N) is 2. The van der Waals surface area contributed by atoms with Gasteiger partial charge in [-0.15, -0.1) is 0 Å². The first kappa shape index (κ1) is 26.9. The Bertz CT molecular complexity index is 1300. The van der Waals surface area contributed by atoms with E-state index in [1.54, 1.807) is 0 Å². The van der Waals surface area contributed by atoms with Crippen LogP contribution in [0.2, 0.25) is 0 Å². The number of benzene rings is 3. The lowest BCUT2D eigenvalue weighted by Crippen LogP contribution is -2.26. The molecule has 36 heavy (non-hydrogen) atoms. The lowest BCUT2D eigenvalue weighted by molar-refractivity contribution is -0.192. The zero-order valence-electron chi connectivity index (χ0n) is 20.4. The van der Waals surface area contributed by atoms with Gasteiger partial charge < -0.3 is 20.3 Å². The molecule has 190 valence electrons. The first-order valence-corrected chi connectivity index (χ1v) is 11.3. The van der Waals surface area contributed by atoms with Gasteiger partial charge in [0.25, 0.3) is 0 Å². The molecule has 3 aromatic carbocycles. The number of fused-ring (bicyclic) bond motifs is 1. The normalized spacial score (nSPS) is 11.4. The van der Waals surface area contributed by atoms with Gasteiger partial charge in [-0.2, -0.15) is 13.2 Å². The highest BCUT2D eigenvalue weighted by Gasteiger charge is 2.38. The third kappa shape index (κ3) is 7.40. The second-order valence-electron chi connectivity index (χ2n) is 8.62. The standard InChI is InChI=1S/C25H28N4.C2HF3O2/c1-18-6-4-9-23-24(18)28-25(27-23)21-12-10-20(11-13-21)22-8-5-7-19(16-22)17-26-14-15-29(2)3;3-2(4,5)1(6)7/h4-13,16,26H,14-15,17H2,1-3H3,(H,27,28);(H,6,7). The third-order valence-corrected chi connectivity index (χ3v) is 5.44. The van der Waals surface area contributed by atoms with Crippen LogP contribution in [0.3, 0.4) is 0 Å². The molecule has 0 fully saturated rings. The number of aliphatic carboxylic acids is 1. The molecule has 9 heteroatoms. The van der Waals surface area contributed by atoms with Crippen molar-refractivity contribution in [3.05, 3.63) is 77.9 Å². The molecule has 0 saturated heterocycles. The van der Waals surface area contributed by atoms with E-state index in [9.17, 15) is 13.2 Å². The largest absolute Gasteiger partial charge is 0.490 e. The molecule has 0 amide bonds. The Labute approximate surface area is 207 Å². The van der Waals surface area contributed by atoms with Crippen molar-refractivity contribution in [2.45, 2.75) is 19.6 Å². The highest BCUT2D eigenvalue weighted by atomic mass is 19.4. The monoisotopic (exact) mass is 498 g/mol. The number of aromatic nitrogens is 2. The fourth-order valence-electron chi connectivity index (χ4n) is 3.53. The predicted molar refractivity (Wildman–Crippen MR) is 136 cm³/mol. The summed E-state index contributed by atoms with van der Waals surface area (Å²) in [6.07, 6.45) is -5.08. The van der Waals surface area contributed by atoms with Crippen molar-refractivity contribution < 1.29 is 23.1 Å². The number of carboxylic acid groups (broad SMARTS) is 1. The number of para-hydroxylation sites is 1. The number of aryl methyl sites for hydroxylation is 1. The van der Waals surface area contributed by atoms with Crippen LogP contribution in [-0.2, 0) is 11.3 Å². The van der Waals surface area contributed by atoms with Crippen LogP contribution in [0.25, 0.3) is 33.5 Å². The Morgan fingerprint density at radius 2 is 1.64 bits per heavy atom. The highest BCUT2D eigenvalue weighted by molar-refractivity contribution is 5.82. The van der Waals surface area contributed by atoms with Crippen LogP contribution in [-0.4, -0.2) is 59.3 Å². The minimum Gasteiger partial charge on any atom is -0.475 e. The molecule has 4 rings (SSSR count). The Balaban J connectivity index is 0.000000454. The number of H-pyrrole nitrogens is 1. The van der Waals surface area contributed by atoms with Crippen LogP contribution in [0.15, 0.2) is 66.7 Å². The molecule has 6 nitrogen and oxygen atoms in total. The fraction of sp³-hybridized carbons (Fsp3) is 0.259. The van der Waals surface area contributed by atoms with E-state index in [1.807, 2.05) is 0 Å². The summed E-state index contributed by atoms with van der Waals surface area (Å²) < 4.78 is 31.7. The molecule has 1 heterocycles. The topological polar surface area (TPSA) is 81.2 Å². The molecule has 0 atom stereocenters. The molecule has 0 unspecified atom stereocenters. The van der Waals surface area contributed by atoms with E-state index in [2.05, 4.69) is 103 Å². The van der Waals surface area contributed by atoms with Crippen molar-refractivity contribution in [2.24, 2.45) is 0 Å². The van der Waals surface area contributed by atoms with Crippen LogP contribution in [0.4, 0.5) is 13.2 Å². The van der Waals surface area contributed by atoms with Gasteiger partial charge in [-0.1, -0.05) is 54.6 Å². The summed E-state index contributed by atoms with van der Waals surface area (Å²) in [6, 6.07) is 23.6. The number of hydrogen-bond acceptors (Lipinski definition) is 4. The third-order valence-electron chi connectivity index (χ3n) is 5.44. The summed E-state index contributed by atoms with van der Waals surface area (Å²) in [6.45, 7) is 5.02. The number of hydrogen-bond donors (Lipinski definition) is 3. The predicted octanol–water partition coefficient (Wildman–Crippen LogP) is 5.49. The first-order valence-electron chi connectivity index (χ1n) is 11.3. The Hall–Kier alpha value is -3.69. The van der Waals surface area contributed by atoms with Crippen LogP contribution >= 0.6 is 0 Å². The van der Waals surface area contributed by atoms with Gasteiger partial charge in [0.15, 0.2) is 0 Å². The van der Waals surface area contributed by atoms with Crippen LogP contribution < -0.4 is 5.32 Å². The molecule has 0 aliphatic heterocycles. The number of halogens is 3. The number of imidazole rings is 1. The highest BCUT2D eigenvalue weighted by Crippen LogP contribution is 2.26. The van der Waals surface area contributed by atoms with Crippen LogP contribution in [0.5, 0.6) is 0 Å². The van der Waals surface area contributed by atoms with E-state index >= 15 is 0 Å². The maximum absolute atomic E-state index is 10.6. The van der Waals surface area contributed by atoms with E-state index in [0.29, 0.717) is 0 Å². The van der Waals surface area contributed by atoms with Gasteiger partial charge in [-0.05, 0) is 55.4 Å². The SMILES string of the molecule is Cc1cccc2[nH]c(-c3ccc(-c4cccc(CNCCN(C)C)c4)cc3)nc12.O=C(O)C(F)(F)F. The smallest absolute Gasteiger partial charge is 0.475 e. The molecule has 0 bridgehead atoms. The van der Waals surface area contributed by atoms with Crippen molar-refractivity contribution in [3.63, 3.8) is 0 Å². The van der Waals surface area contributed by atoms with Gasteiger partial charge in [-0.25, -0.2) is 9.78 Å². The van der Waals surface area contributed by atoms with Crippen LogP contribution in [0.1, 0.15) is 11.1 Å². The molecule has 4 aromatic rings. The van der Waals surface area contributed by atoms with Gasteiger partial charge in [0.2, 0.25) is 0 Å². The zero-order chi connectivity index (χ0) is 26.3. The quantitative estimate of drug-likeness (QED) is 0.294. The van der Waals surface area contributed by atoms with Crippen molar-refractivity contribution in [2.75, 3.05) is 27.2 Å². The number of carboxylic acids is 1. The van der Waals surface area contributed by atoms with E-state index in [0.717, 1.165) is 42.1 Å². The zero-order valence-corrected chi connectivity index (χ0v) is 20.4. The number of nitrogens with zero attached hydrogens (tertiary/aromatic N) is 2. The van der Waals surface area contributed by atoms with Crippen LogP contribution in [0, 0.1) is 6.92 Å². The van der Waals surface area contributed by atoms with Crippen molar-refractivity contribution in [3.8, 4) is 22.5 Å². The van der Waals surface area contributed by atoms with E-state index in [1.165, 1.54) is 22.3 Å². The molecule has 0 aliphatic carbocycles. The molecular weight excluding hydrogens is 469 g/mol. The minimum atomic E-state index is -5.08. The molecule has 0 aliphatic rings. The maximum atomic E-state index is 10.6. The van der Waals surface area contributed by atoms with Gasteiger partial charge in [0.05, 0.1) is 11.0 Å². The molecular formula is C27H29F3N4O2. The average molecular weight is 499 g/mol. The Kier molecular flexibility index (Phi) is 8.84. The summed E-state index contributed by atoms with van der Waals surface area (Å²) in [7, 11) is 4.19. The Morgan fingerprint density at radius 1 is 1.00 bits per heavy atom. The number of alkyl halides is 3. The van der Waals surface area contributed by atoms with Gasteiger partial charge in [0, 0.05) is 25.2 Å². The number of carbonyl (C=O) groups is 1. The lowest BCUT2D eigenvalue weighted by atomic mass is 10.0. The number of likely N-dealkylation sites (N-methyl/N-ethyl adjacent to an activating group) is 1. The van der Waals surface area contributed by atoms with E-state index < -0.39 is 12.1 Å². The lowest BCUT2D eigenvalue weighted by Gasteiger charge is -2.11. The Morgan fingerprint density at radius 3 is 2.25 bits per heavy atom. The second-order valence-corrected chi connectivity index (χ2v) is 8.62. The van der Waals surface area contributed by atoms with Gasteiger partial charge in [0.1, 0.15) is 5.82 Å². The summed E-state index contributed by atoms with van der Waals surface area (Å²) in [5, 5.41) is 10.6. The first-order chi connectivity index (χ1) is 17.0. The summed E-state index contributed by atoms with van der Waals surface area (Å²) in [5.41, 5.74) is 8.18. The average Bonchev–Trinajstić information content (AvgIpc) is 3.28. The van der Waals surface area contributed by atoms with Gasteiger partial charge >= 0.3 is 12.1 Å². The second kappa shape index (κ2) is 11.8. The summed E-state index contributed by atoms with van der Waals surface area (Å²) in [5.74, 6) is -1.84. The maximum Gasteiger partial charge on any atom is 0.490 e. The van der Waals surface area contributed by atoms with Crippen molar-refractivity contribution in [1.29, 1.82) is 0 Å². The molecule has 1 aromatic heterocycles. The molecule has 0 spiro atoms. The molecule has 3 N–H and O–H groups in total. The van der Waals surface area contributed by atoms with E-state index in [-0.39, 0.29) is 0 Å². The van der Waals surface area contributed by atoms with Crippen molar-refractivity contribution >= 4 is 17.0 Å². The fourth-order valence-corrected chi connectivity index (χ4v) is 3.53.